The standard InChI is InChI=1S/C16H29N3/c1-8-15(6)10-16(7,11-15)13-9-19(18-17-13)12(2)14(3,4)5/h9,12H,8,10-11H2,1-7H3. The number of hydrogen-bond donors (Lipinski definition) is 0. The minimum Gasteiger partial charge on any atom is -0.249 e. The normalized spacial score (nSPS) is 33.0. The fourth-order valence-corrected chi connectivity index (χ4v) is 3.40. The summed E-state index contributed by atoms with van der Waals surface area (Å²) in [5, 5.41) is 8.83. The minimum atomic E-state index is 0.212. The smallest absolute Gasteiger partial charge is 0.0886 e. The summed E-state index contributed by atoms with van der Waals surface area (Å²) in [6, 6.07) is 0.370. The van der Waals surface area contributed by atoms with Gasteiger partial charge >= 0.3 is 0 Å². The Bertz CT molecular complexity index is 447. The minimum absolute atomic E-state index is 0.212. The average molecular weight is 263 g/mol. The van der Waals surface area contributed by atoms with Gasteiger partial charge in [-0.1, -0.05) is 53.2 Å². The molecule has 1 aromatic rings. The van der Waals surface area contributed by atoms with Gasteiger partial charge in [-0.25, -0.2) is 4.68 Å². The molecule has 0 bridgehead atoms. The van der Waals surface area contributed by atoms with Crippen molar-refractivity contribution < 1.29 is 0 Å². The summed E-state index contributed by atoms with van der Waals surface area (Å²) in [5.74, 6) is 0. The van der Waals surface area contributed by atoms with E-state index in [0.29, 0.717) is 11.5 Å². The van der Waals surface area contributed by atoms with Crippen molar-refractivity contribution in [3.8, 4) is 0 Å². The topological polar surface area (TPSA) is 30.7 Å². The summed E-state index contributed by atoms with van der Waals surface area (Å²) >= 11 is 0. The van der Waals surface area contributed by atoms with E-state index in [4.69, 9.17) is 0 Å². The highest BCUT2D eigenvalue weighted by Crippen LogP contribution is 2.56. The Hall–Kier alpha value is -0.860. The molecule has 1 aliphatic rings. The molecule has 0 radical (unpaired) electrons. The molecule has 0 amide bonds. The molecule has 108 valence electrons. The predicted octanol–water partition coefficient (Wildman–Crippen LogP) is 4.35. The Kier molecular flexibility index (Phi) is 3.31. The summed E-state index contributed by atoms with van der Waals surface area (Å²) in [6.45, 7) is 16.0. The van der Waals surface area contributed by atoms with Gasteiger partial charge in [0, 0.05) is 11.6 Å². The first-order chi connectivity index (χ1) is 8.60. The van der Waals surface area contributed by atoms with Crippen molar-refractivity contribution >= 4 is 0 Å². The van der Waals surface area contributed by atoms with Crippen LogP contribution < -0.4 is 0 Å². The lowest BCUT2D eigenvalue weighted by Gasteiger charge is -2.52. The SMILES string of the molecule is CCC1(C)CC(C)(c2cn(C(C)C(C)(C)C)nn2)C1. The Balaban J connectivity index is 2.15. The third-order valence-corrected chi connectivity index (χ3v) is 5.27. The van der Waals surface area contributed by atoms with Gasteiger partial charge in [-0.3, -0.25) is 0 Å². The monoisotopic (exact) mass is 263 g/mol. The molecule has 3 heteroatoms. The maximum Gasteiger partial charge on any atom is 0.0886 e. The number of rotatable bonds is 3. The van der Waals surface area contributed by atoms with E-state index >= 15 is 0 Å². The molecule has 1 unspecified atom stereocenters. The molecule has 1 atom stereocenters. The summed E-state index contributed by atoms with van der Waals surface area (Å²) in [5.41, 5.74) is 2.13. The van der Waals surface area contributed by atoms with Crippen molar-refractivity contribution in [2.45, 2.75) is 79.2 Å². The largest absolute Gasteiger partial charge is 0.249 e. The zero-order valence-electron chi connectivity index (χ0n) is 13.6. The highest BCUT2D eigenvalue weighted by Gasteiger charge is 2.50. The van der Waals surface area contributed by atoms with Gasteiger partial charge in [0.15, 0.2) is 0 Å². The quantitative estimate of drug-likeness (QED) is 0.811. The van der Waals surface area contributed by atoms with Crippen LogP contribution >= 0.6 is 0 Å². The molecule has 1 aromatic heterocycles. The zero-order valence-corrected chi connectivity index (χ0v) is 13.6. The van der Waals surface area contributed by atoms with E-state index in [0.717, 1.165) is 0 Å². The summed E-state index contributed by atoms with van der Waals surface area (Å²) < 4.78 is 2.04. The van der Waals surface area contributed by atoms with Gasteiger partial charge in [0.1, 0.15) is 0 Å². The Labute approximate surface area is 117 Å². The third kappa shape index (κ3) is 2.56. The molecular formula is C16H29N3. The van der Waals surface area contributed by atoms with Crippen molar-refractivity contribution in [3.05, 3.63) is 11.9 Å². The fraction of sp³-hybridized carbons (Fsp3) is 0.875. The molecule has 1 saturated carbocycles. The van der Waals surface area contributed by atoms with E-state index in [1.807, 2.05) is 4.68 Å². The summed E-state index contributed by atoms with van der Waals surface area (Å²) in [7, 11) is 0. The van der Waals surface area contributed by atoms with E-state index in [-0.39, 0.29) is 10.8 Å². The highest BCUT2D eigenvalue weighted by molar-refractivity contribution is 5.19. The van der Waals surface area contributed by atoms with Gasteiger partial charge in [-0.15, -0.1) is 5.10 Å². The van der Waals surface area contributed by atoms with Gasteiger partial charge in [0.25, 0.3) is 0 Å². The summed E-state index contributed by atoms with van der Waals surface area (Å²) in [6.07, 6.45) is 5.90. The molecular weight excluding hydrogens is 234 g/mol. The second-order valence-electron chi connectivity index (χ2n) is 8.20. The predicted molar refractivity (Wildman–Crippen MR) is 79.2 cm³/mol. The molecule has 1 fully saturated rings. The van der Waals surface area contributed by atoms with Crippen molar-refractivity contribution in [3.63, 3.8) is 0 Å². The molecule has 19 heavy (non-hydrogen) atoms. The highest BCUT2D eigenvalue weighted by atomic mass is 15.4. The van der Waals surface area contributed by atoms with Crippen LogP contribution in [-0.4, -0.2) is 15.0 Å². The number of nitrogens with zero attached hydrogens (tertiary/aromatic N) is 3. The first kappa shape index (κ1) is 14.5. The van der Waals surface area contributed by atoms with Gasteiger partial charge in [0.2, 0.25) is 0 Å². The fourth-order valence-electron chi connectivity index (χ4n) is 3.40. The van der Waals surface area contributed by atoms with E-state index in [1.54, 1.807) is 0 Å². The Morgan fingerprint density at radius 3 is 2.37 bits per heavy atom. The molecule has 0 N–H and O–H groups in total. The van der Waals surface area contributed by atoms with Gasteiger partial charge in [-0.2, -0.15) is 0 Å². The lowest BCUT2D eigenvalue weighted by molar-refractivity contribution is 0.0450. The van der Waals surface area contributed by atoms with Crippen molar-refractivity contribution in [2.24, 2.45) is 10.8 Å². The summed E-state index contributed by atoms with van der Waals surface area (Å²) in [4.78, 5) is 0. The van der Waals surface area contributed by atoms with Crippen molar-refractivity contribution in [1.82, 2.24) is 15.0 Å². The van der Waals surface area contributed by atoms with Crippen LogP contribution in [0.5, 0.6) is 0 Å². The maximum absolute atomic E-state index is 4.46. The second-order valence-corrected chi connectivity index (χ2v) is 8.20. The van der Waals surface area contributed by atoms with Crippen LogP contribution in [0.2, 0.25) is 0 Å². The van der Waals surface area contributed by atoms with Crippen LogP contribution in [-0.2, 0) is 5.41 Å². The molecule has 2 rings (SSSR count). The molecule has 1 heterocycles. The second kappa shape index (κ2) is 4.32. The third-order valence-electron chi connectivity index (χ3n) is 5.27. The van der Waals surface area contributed by atoms with Crippen LogP contribution in [0.1, 0.15) is 79.5 Å². The molecule has 1 aliphatic carbocycles. The van der Waals surface area contributed by atoms with Crippen LogP contribution in [0.25, 0.3) is 0 Å². The molecule has 0 aliphatic heterocycles. The lowest BCUT2D eigenvalue weighted by Crippen LogP contribution is -2.45. The van der Waals surface area contributed by atoms with Gasteiger partial charge in [0.05, 0.1) is 11.7 Å². The molecule has 0 saturated heterocycles. The van der Waals surface area contributed by atoms with Gasteiger partial charge < -0.3 is 0 Å². The Morgan fingerprint density at radius 2 is 1.89 bits per heavy atom. The van der Waals surface area contributed by atoms with Crippen molar-refractivity contribution in [2.75, 3.05) is 0 Å². The first-order valence-electron chi connectivity index (χ1n) is 7.52. The lowest BCUT2D eigenvalue weighted by atomic mass is 9.52. The molecule has 0 aromatic carbocycles. The van der Waals surface area contributed by atoms with Crippen LogP contribution in [0.3, 0.4) is 0 Å². The van der Waals surface area contributed by atoms with E-state index < -0.39 is 0 Å². The van der Waals surface area contributed by atoms with E-state index in [2.05, 4.69) is 65.0 Å². The van der Waals surface area contributed by atoms with Crippen molar-refractivity contribution in [1.29, 1.82) is 0 Å². The average Bonchev–Trinajstić information content (AvgIpc) is 2.74. The van der Waals surface area contributed by atoms with Crippen LogP contribution in [0.15, 0.2) is 6.20 Å². The Morgan fingerprint density at radius 1 is 1.32 bits per heavy atom. The van der Waals surface area contributed by atoms with Gasteiger partial charge in [-0.05, 0) is 30.6 Å². The van der Waals surface area contributed by atoms with Crippen LogP contribution in [0, 0.1) is 10.8 Å². The van der Waals surface area contributed by atoms with E-state index in [9.17, 15) is 0 Å². The number of hydrogen-bond acceptors (Lipinski definition) is 2. The van der Waals surface area contributed by atoms with Crippen LogP contribution in [0.4, 0.5) is 0 Å². The molecule has 0 spiro atoms. The molecule has 3 nitrogen and oxygen atoms in total. The number of aromatic nitrogens is 3. The maximum atomic E-state index is 4.46. The van der Waals surface area contributed by atoms with E-state index in [1.165, 1.54) is 25.0 Å². The zero-order chi connectivity index (χ0) is 14.5. The first-order valence-corrected chi connectivity index (χ1v) is 7.52.